The molecule has 0 bridgehead atoms. The summed E-state index contributed by atoms with van der Waals surface area (Å²) in [4.78, 5) is 22.2. The molecule has 6 heteroatoms. The van der Waals surface area contributed by atoms with E-state index in [-0.39, 0.29) is 5.56 Å². The van der Waals surface area contributed by atoms with Gasteiger partial charge in [0.2, 0.25) is 0 Å². The van der Waals surface area contributed by atoms with Gasteiger partial charge in [-0.1, -0.05) is 23.7 Å². The molecule has 0 saturated carbocycles. The number of hydrogen-bond donors (Lipinski definition) is 1. The Balaban J connectivity index is 1.74. The lowest BCUT2D eigenvalue weighted by Gasteiger charge is -2.09. The molecule has 1 aliphatic rings. The monoisotopic (exact) mass is 386 g/mol. The Bertz CT molecular complexity index is 1050. The van der Waals surface area contributed by atoms with Crippen LogP contribution >= 0.6 is 22.9 Å². The standard InChI is InChI=1S/C20H19ClN2O2S/c1-2-25-13-7-5-6-12(10-13)11-15(21)18-22-19(24)17-14-8-3-4-9-16(14)26-20(17)23-18/h5-7,10-11H,2-4,8-9H2,1H3,(H,22,23,24)/b15-11-. The zero-order chi connectivity index (χ0) is 18.1. The third-order valence-corrected chi connectivity index (χ3v) is 5.99. The van der Waals surface area contributed by atoms with Crippen LogP contribution in [0.4, 0.5) is 0 Å². The predicted octanol–water partition coefficient (Wildman–Crippen LogP) is 5.00. The maximum atomic E-state index is 12.6. The van der Waals surface area contributed by atoms with Gasteiger partial charge in [0.05, 0.1) is 17.0 Å². The first-order chi connectivity index (χ1) is 12.7. The number of aryl methyl sites for hydroxylation is 2. The van der Waals surface area contributed by atoms with Crippen molar-refractivity contribution in [3.63, 3.8) is 0 Å². The number of benzene rings is 1. The first kappa shape index (κ1) is 17.3. The summed E-state index contributed by atoms with van der Waals surface area (Å²) in [7, 11) is 0. The van der Waals surface area contributed by atoms with Crippen molar-refractivity contribution in [2.24, 2.45) is 0 Å². The molecular formula is C20H19ClN2O2S. The molecule has 1 aliphatic carbocycles. The van der Waals surface area contributed by atoms with Crippen LogP contribution in [-0.4, -0.2) is 16.6 Å². The van der Waals surface area contributed by atoms with Crippen LogP contribution in [0.15, 0.2) is 29.1 Å². The first-order valence-electron chi connectivity index (χ1n) is 8.80. The van der Waals surface area contributed by atoms with Crippen molar-refractivity contribution in [1.29, 1.82) is 0 Å². The number of halogens is 1. The SMILES string of the molecule is CCOc1cccc(/C=C(\Cl)c2nc3sc4c(c3c(=O)[nH]2)CCCC4)c1. The van der Waals surface area contributed by atoms with Gasteiger partial charge in [0.25, 0.3) is 5.56 Å². The second kappa shape index (κ2) is 7.25. The molecule has 0 unspecified atom stereocenters. The Morgan fingerprint density at radius 2 is 2.23 bits per heavy atom. The number of fused-ring (bicyclic) bond motifs is 3. The Labute approximate surface area is 160 Å². The van der Waals surface area contributed by atoms with Crippen molar-refractivity contribution in [2.45, 2.75) is 32.6 Å². The van der Waals surface area contributed by atoms with Gasteiger partial charge in [-0.05, 0) is 61.9 Å². The molecule has 0 atom stereocenters. The molecule has 4 nitrogen and oxygen atoms in total. The smallest absolute Gasteiger partial charge is 0.260 e. The molecule has 0 radical (unpaired) electrons. The molecule has 0 fully saturated rings. The molecule has 1 N–H and O–H groups in total. The van der Waals surface area contributed by atoms with E-state index in [0.29, 0.717) is 17.5 Å². The van der Waals surface area contributed by atoms with E-state index in [1.54, 1.807) is 17.4 Å². The molecule has 0 aliphatic heterocycles. The van der Waals surface area contributed by atoms with Gasteiger partial charge in [-0.25, -0.2) is 4.98 Å². The van der Waals surface area contributed by atoms with E-state index >= 15 is 0 Å². The zero-order valence-corrected chi connectivity index (χ0v) is 16.0. The van der Waals surface area contributed by atoms with Crippen molar-refractivity contribution < 1.29 is 4.74 Å². The molecule has 4 rings (SSSR count). The minimum absolute atomic E-state index is 0.0981. The summed E-state index contributed by atoms with van der Waals surface area (Å²) in [5.74, 6) is 1.19. The van der Waals surface area contributed by atoms with E-state index < -0.39 is 0 Å². The van der Waals surface area contributed by atoms with Crippen LogP contribution in [0.2, 0.25) is 0 Å². The van der Waals surface area contributed by atoms with Gasteiger partial charge in [0.15, 0.2) is 5.82 Å². The number of ether oxygens (including phenoxy) is 1. The Kier molecular flexibility index (Phi) is 4.83. The molecule has 2 aromatic heterocycles. The fraction of sp³-hybridized carbons (Fsp3) is 0.300. The summed E-state index contributed by atoms with van der Waals surface area (Å²) in [6.07, 6.45) is 6.12. The van der Waals surface area contributed by atoms with Gasteiger partial charge in [0.1, 0.15) is 10.6 Å². The first-order valence-corrected chi connectivity index (χ1v) is 10.00. The van der Waals surface area contributed by atoms with Crippen LogP contribution in [0, 0.1) is 0 Å². The summed E-state index contributed by atoms with van der Waals surface area (Å²) in [6, 6.07) is 7.66. The molecule has 134 valence electrons. The van der Waals surface area contributed by atoms with Gasteiger partial charge in [-0.15, -0.1) is 11.3 Å². The summed E-state index contributed by atoms with van der Waals surface area (Å²) < 4.78 is 5.51. The quantitative estimate of drug-likeness (QED) is 0.686. The summed E-state index contributed by atoms with van der Waals surface area (Å²) in [5, 5.41) is 1.15. The second-order valence-corrected chi connectivity index (χ2v) is 7.79. The lowest BCUT2D eigenvalue weighted by atomic mass is 9.97. The maximum absolute atomic E-state index is 12.6. The highest BCUT2D eigenvalue weighted by molar-refractivity contribution is 7.18. The fourth-order valence-electron chi connectivity index (χ4n) is 3.35. The predicted molar refractivity (Wildman–Crippen MR) is 108 cm³/mol. The fourth-order valence-corrected chi connectivity index (χ4v) is 4.83. The van der Waals surface area contributed by atoms with Crippen LogP contribution in [0.5, 0.6) is 5.75 Å². The molecule has 0 spiro atoms. The van der Waals surface area contributed by atoms with Crippen molar-refractivity contribution in [3.05, 3.63) is 56.4 Å². The van der Waals surface area contributed by atoms with E-state index in [0.717, 1.165) is 40.8 Å². The van der Waals surface area contributed by atoms with E-state index in [1.807, 2.05) is 31.2 Å². The van der Waals surface area contributed by atoms with Crippen molar-refractivity contribution in [2.75, 3.05) is 6.61 Å². The number of nitrogens with zero attached hydrogens (tertiary/aromatic N) is 1. The lowest BCUT2D eigenvalue weighted by molar-refractivity contribution is 0.340. The second-order valence-electron chi connectivity index (χ2n) is 6.30. The number of aromatic nitrogens is 2. The third kappa shape index (κ3) is 3.29. The van der Waals surface area contributed by atoms with Crippen molar-refractivity contribution in [3.8, 4) is 5.75 Å². The van der Waals surface area contributed by atoms with Crippen LogP contribution in [0.3, 0.4) is 0 Å². The van der Waals surface area contributed by atoms with Gasteiger partial charge in [0, 0.05) is 4.88 Å². The van der Waals surface area contributed by atoms with Gasteiger partial charge in [-0.3, -0.25) is 4.79 Å². The zero-order valence-electron chi connectivity index (χ0n) is 14.5. The topological polar surface area (TPSA) is 55.0 Å². The molecule has 0 saturated heterocycles. The highest BCUT2D eigenvalue weighted by Gasteiger charge is 2.20. The minimum atomic E-state index is -0.0981. The summed E-state index contributed by atoms with van der Waals surface area (Å²) >= 11 is 8.09. The van der Waals surface area contributed by atoms with Crippen molar-refractivity contribution in [1.82, 2.24) is 9.97 Å². The summed E-state index contributed by atoms with van der Waals surface area (Å²) in [6.45, 7) is 2.55. The average molecular weight is 387 g/mol. The lowest BCUT2D eigenvalue weighted by Crippen LogP contribution is -2.12. The number of nitrogens with one attached hydrogen (secondary N) is 1. The highest BCUT2D eigenvalue weighted by Crippen LogP contribution is 2.34. The number of H-pyrrole nitrogens is 1. The molecule has 2 heterocycles. The van der Waals surface area contributed by atoms with Crippen LogP contribution < -0.4 is 10.3 Å². The average Bonchev–Trinajstić information content (AvgIpc) is 3.01. The van der Waals surface area contributed by atoms with E-state index in [9.17, 15) is 4.79 Å². The van der Waals surface area contributed by atoms with Crippen molar-refractivity contribution >= 4 is 44.3 Å². The molecule has 26 heavy (non-hydrogen) atoms. The van der Waals surface area contributed by atoms with E-state index in [4.69, 9.17) is 16.3 Å². The largest absolute Gasteiger partial charge is 0.494 e. The molecule has 3 aromatic rings. The number of aromatic amines is 1. The normalized spacial score (nSPS) is 14.5. The van der Waals surface area contributed by atoms with E-state index in [1.165, 1.54) is 16.9 Å². The Morgan fingerprint density at radius 1 is 1.38 bits per heavy atom. The molecule has 1 aromatic carbocycles. The maximum Gasteiger partial charge on any atom is 0.260 e. The molecular weight excluding hydrogens is 368 g/mol. The van der Waals surface area contributed by atoms with Gasteiger partial charge < -0.3 is 9.72 Å². The highest BCUT2D eigenvalue weighted by atomic mass is 35.5. The number of hydrogen-bond acceptors (Lipinski definition) is 4. The Morgan fingerprint density at radius 3 is 3.08 bits per heavy atom. The van der Waals surface area contributed by atoms with Crippen LogP contribution in [0.25, 0.3) is 21.3 Å². The minimum Gasteiger partial charge on any atom is -0.494 e. The molecule has 0 amide bonds. The third-order valence-electron chi connectivity index (χ3n) is 4.51. The van der Waals surface area contributed by atoms with Gasteiger partial charge >= 0.3 is 0 Å². The Hall–Kier alpha value is -2.11. The van der Waals surface area contributed by atoms with Crippen LogP contribution in [-0.2, 0) is 12.8 Å². The summed E-state index contributed by atoms with van der Waals surface area (Å²) in [5.41, 5.74) is 1.98. The number of rotatable bonds is 4. The van der Waals surface area contributed by atoms with E-state index in [2.05, 4.69) is 9.97 Å². The van der Waals surface area contributed by atoms with Gasteiger partial charge in [-0.2, -0.15) is 0 Å². The number of thiophene rings is 1. The van der Waals surface area contributed by atoms with Crippen LogP contribution in [0.1, 0.15) is 41.6 Å².